The van der Waals surface area contributed by atoms with E-state index in [9.17, 15) is 4.79 Å². The van der Waals surface area contributed by atoms with Crippen molar-refractivity contribution in [2.45, 2.75) is 57.4 Å². The first-order valence-electron chi connectivity index (χ1n) is 7.92. The summed E-state index contributed by atoms with van der Waals surface area (Å²) >= 11 is 0. The van der Waals surface area contributed by atoms with Crippen LogP contribution >= 0.6 is 0 Å². The first-order chi connectivity index (χ1) is 9.31. The van der Waals surface area contributed by atoms with Crippen LogP contribution in [0.3, 0.4) is 0 Å². The van der Waals surface area contributed by atoms with Crippen LogP contribution in [0.4, 0.5) is 0 Å². The first-order valence-corrected chi connectivity index (χ1v) is 7.92. The van der Waals surface area contributed by atoms with Crippen molar-refractivity contribution in [1.82, 2.24) is 10.2 Å². The predicted molar refractivity (Wildman–Crippen MR) is 79.0 cm³/mol. The van der Waals surface area contributed by atoms with Crippen molar-refractivity contribution in [1.29, 1.82) is 0 Å². The summed E-state index contributed by atoms with van der Waals surface area (Å²) in [7, 11) is 0. The van der Waals surface area contributed by atoms with E-state index in [1.165, 1.54) is 38.5 Å². The van der Waals surface area contributed by atoms with E-state index in [-0.39, 0.29) is 0 Å². The third kappa shape index (κ3) is 4.34. The standard InChI is InChI=1S/C16H28N2O/c1-2-13-18(15-5-3-4-6-15)16(19)8-7-14-9-11-17-12-10-14/h2,14-15,17H,1,3-13H2. The zero-order chi connectivity index (χ0) is 13.5. The maximum absolute atomic E-state index is 12.4. The van der Waals surface area contributed by atoms with Crippen LogP contribution in [0.15, 0.2) is 12.7 Å². The third-order valence-electron chi connectivity index (χ3n) is 4.64. The van der Waals surface area contributed by atoms with Gasteiger partial charge in [-0.25, -0.2) is 0 Å². The Balaban J connectivity index is 1.79. The molecular formula is C16H28N2O. The van der Waals surface area contributed by atoms with E-state index >= 15 is 0 Å². The Morgan fingerprint density at radius 2 is 1.89 bits per heavy atom. The van der Waals surface area contributed by atoms with Crippen LogP contribution in [0.1, 0.15) is 51.4 Å². The van der Waals surface area contributed by atoms with Gasteiger partial charge in [0.15, 0.2) is 0 Å². The van der Waals surface area contributed by atoms with Gasteiger partial charge in [0, 0.05) is 19.0 Å². The van der Waals surface area contributed by atoms with Gasteiger partial charge in [-0.2, -0.15) is 0 Å². The molecule has 1 saturated heterocycles. The lowest BCUT2D eigenvalue weighted by molar-refractivity contribution is -0.133. The van der Waals surface area contributed by atoms with Gasteiger partial charge in [-0.15, -0.1) is 6.58 Å². The lowest BCUT2D eigenvalue weighted by atomic mass is 9.93. The molecule has 2 aliphatic rings. The van der Waals surface area contributed by atoms with Crippen molar-refractivity contribution in [3.05, 3.63) is 12.7 Å². The lowest BCUT2D eigenvalue weighted by Gasteiger charge is -2.29. The maximum Gasteiger partial charge on any atom is 0.223 e. The average molecular weight is 264 g/mol. The Bertz CT molecular complexity index is 291. The monoisotopic (exact) mass is 264 g/mol. The molecule has 108 valence electrons. The molecule has 1 aliphatic heterocycles. The SMILES string of the molecule is C=CCN(C(=O)CCC1CCNCC1)C1CCCC1. The Morgan fingerprint density at radius 3 is 2.53 bits per heavy atom. The zero-order valence-corrected chi connectivity index (χ0v) is 12.1. The molecule has 1 aliphatic carbocycles. The van der Waals surface area contributed by atoms with Crippen LogP contribution in [0.25, 0.3) is 0 Å². The smallest absolute Gasteiger partial charge is 0.223 e. The van der Waals surface area contributed by atoms with Crippen LogP contribution in [0.2, 0.25) is 0 Å². The molecule has 0 unspecified atom stereocenters. The summed E-state index contributed by atoms with van der Waals surface area (Å²) in [4.78, 5) is 14.5. The molecule has 3 heteroatoms. The second kappa shape index (κ2) is 7.68. The van der Waals surface area contributed by atoms with E-state index in [0.717, 1.165) is 38.4 Å². The van der Waals surface area contributed by atoms with Gasteiger partial charge >= 0.3 is 0 Å². The number of rotatable bonds is 6. The van der Waals surface area contributed by atoms with Gasteiger partial charge < -0.3 is 10.2 Å². The topological polar surface area (TPSA) is 32.3 Å². The van der Waals surface area contributed by atoms with Gasteiger partial charge in [0.05, 0.1) is 0 Å². The highest BCUT2D eigenvalue weighted by atomic mass is 16.2. The van der Waals surface area contributed by atoms with Crippen molar-refractivity contribution >= 4 is 5.91 Å². The van der Waals surface area contributed by atoms with Crippen LogP contribution in [-0.4, -0.2) is 36.5 Å². The fourth-order valence-corrected chi connectivity index (χ4v) is 3.45. The molecule has 1 saturated carbocycles. The average Bonchev–Trinajstić information content (AvgIpc) is 2.97. The highest BCUT2D eigenvalue weighted by Crippen LogP contribution is 2.25. The highest BCUT2D eigenvalue weighted by Gasteiger charge is 2.26. The minimum Gasteiger partial charge on any atom is -0.336 e. The molecule has 3 nitrogen and oxygen atoms in total. The number of amides is 1. The molecule has 0 spiro atoms. The van der Waals surface area contributed by atoms with E-state index in [1.54, 1.807) is 0 Å². The summed E-state index contributed by atoms with van der Waals surface area (Å²) in [6.45, 7) is 6.78. The Labute approximate surface area is 117 Å². The summed E-state index contributed by atoms with van der Waals surface area (Å²) in [6.07, 6.45) is 11.1. The van der Waals surface area contributed by atoms with E-state index in [1.807, 2.05) is 6.08 Å². The van der Waals surface area contributed by atoms with Gasteiger partial charge in [0.1, 0.15) is 0 Å². The fourth-order valence-electron chi connectivity index (χ4n) is 3.45. The summed E-state index contributed by atoms with van der Waals surface area (Å²) < 4.78 is 0. The van der Waals surface area contributed by atoms with E-state index in [2.05, 4.69) is 16.8 Å². The number of hydrogen-bond donors (Lipinski definition) is 1. The Morgan fingerprint density at radius 1 is 1.21 bits per heavy atom. The van der Waals surface area contributed by atoms with Crippen LogP contribution in [0, 0.1) is 5.92 Å². The van der Waals surface area contributed by atoms with E-state index in [4.69, 9.17) is 0 Å². The van der Waals surface area contributed by atoms with Gasteiger partial charge in [0.25, 0.3) is 0 Å². The molecule has 1 heterocycles. The number of nitrogens with one attached hydrogen (secondary N) is 1. The number of nitrogens with zero attached hydrogens (tertiary/aromatic N) is 1. The first kappa shape index (κ1) is 14.6. The second-order valence-electron chi connectivity index (χ2n) is 6.01. The molecule has 2 rings (SSSR count). The van der Waals surface area contributed by atoms with E-state index in [0.29, 0.717) is 11.9 Å². The van der Waals surface area contributed by atoms with Crippen molar-refractivity contribution < 1.29 is 4.79 Å². The summed E-state index contributed by atoms with van der Waals surface area (Å²) in [6, 6.07) is 0.485. The largest absolute Gasteiger partial charge is 0.336 e. The molecule has 0 aromatic heterocycles. The molecule has 0 bridgehead atoms. The summed E-state index contributed by atoms with van der Waals surface area (Å²) in [5.74, 6) is 1.10. The normalized spacial score (nSPS) is 21.5. The molecule has 19 heavy (non-hydrogen) atoms. The van der Waals surface area contributed by atoms with Crippen LogP contribution in [0.5, 0.6) is 0 Å². The molecule has 0 radical (unpaired) electrons. The predicted octanol–water partition coefficient (Wildman–Crippen LogP) is 2.72. The number of hydrogen-bond acceptors (Lipinski definition) is 2. The molecule has 0 atom stereocenters. The van der Waals surface area contributed by atoms with Gasteiger partial charge in [-0.3, -0.25) is 4.79 Å². The molecule has 2 fully saturated rings. The minimum absolute atomic E-state index is 0.352. The van der Waals surface area contributed by atoms with Crippen molar-refractivity contribution in [2.24, 2.45) is 5.92 Å². The Hall–Kier alpha value is -0.830. The number of carbonyl (C=O) groups is 1. The zero-order valence-electron chi connectivity index (χ0n) is 12.1. The van der Waals surface area contributed by atoms with Gasteiger partial charge in [-0.1, -0.05) is 18.9 Å². The third-order valence-corrected chi connectivity index (χ3v) is 4.64. The maximum atomic E-state index is 12.4. The minimum atomic E-state index is 0.352. The lowest BCUT2D eigenvalue weighted by Crippen LogP contribution is -2.39. The van der Waals surface area contributed by atoms with Crippen LogP contribution in [-0.2, 0) is 4.79 Å². The number of piperidine rings is 1. The molecular weight excluding hydrogens is 236 g/mol. The van der Waals surface area contributed by atoms with Crippen molar-refractivity contribution in [2.75, 3.05) is 19.6 Å². The van der Waals surface area contributed by atoms with Gasteiger partial charge in [-0.05, 0) is 51.1 Å². The van der Waals surface area contributed by atoms with Crippen molar-refractivity contribution in [3.63, 3.8) is 0 Å². The highest BCUT2D eigenvalue weighted by molar-refractivity contribution is 5.76. The summed E-state index contributed by atoms with van der Waals surface area (Å²) in [5.41, 5.74) is 0. The molecule has 0 aromatic carbocycles. The number of carbonyl (C=O) groups excluding carboxylic acids is 1. The molecule has 1 amide bonds. The van der Waals surface area contributed by atoms with Crippen LogP contribution < -0.4 is 5.32 Å². The van der Waals surface area contributed by atoms with Gasteiger partial charge in [0.2, 0.25) is 5.91 Å². The quantitative estimate of drug-likeness (QED) is 0.748. The van der Waals surface area contributed by atoms with E-state index < -0.39 is 0 Å². The fraction of sp³-hybridized carbons (Fsp3) is 0.812. The molecule has 0 aromatic rings. The Kier molecular flexibility index (Phi) is 5.90. The summed E-state index contributed by atoms with van der Waals surface area (Å²) in [5, 5.41) is 3.38. The second-order valence-corrected chi connectivity index (χ2v) is 6.01. The molecule has 1 N–H and O–H groups in total. The van der Waals surface area contributed by atoms with Crippen molar-refractivity contribution in [3.8, 4) is 0 Å².